The van der Waals surface area contributed by atoms with Crippen molar-refractivity contribution < 1.29 is 19.4 Å². The second-order valence-electron chi connectivity index (χ2n) is 2.97. The predicted molar refractivity (Wildman–Crippen MR) is 57.6 cm³/mol. The molecule has 1 aromatic rings. The van der Waals surface area contributed by atoms with E-state index in [-0.39, 0.29) is 17.8 Å². The van der Waals surface area contributed by atoms with Crippen LogP contribution in [0.1, 0.15) is 10.4 Å². The van der Waals surface area contributed by atoms with Crippen molar-refractivity contribution in [1.82, 2.24) is 0 Å². The topological polar surface area (TPSA) is 102 Å². The maximum Gasteiger partial charge on any atom is 0.337 e. The molecule has 0 unspecified atom stereocenters. The van der Waals surface area contributed by atoms with Crippen molar-refractivity contribution >= 4 is 17.6 Å². The van der Waals surface area contributed by atoms with Crippen LogP contribution in [-0.4, -0.2) is 30.6 Å². The van der Waals surface area contributed by atoms with E-state index in [2.05, 4.69) is 5.32 Å². The number of carboxylic acids is 1. The summed E-state index contributed by atoms with van der Waals surface area (Å²) in [5.74, 6) is -1.19. The lowest BCUT2D eigenvalue weighted by molar-refractivity contribution is -0.114. The van der Waals surface area contributed by atoms with Crippen LogP contribution < -0.4 is 15.8 Å². The van der Waals surface area contributed by atoms with Gasteiger partial charge in [0.1, 0.15) is 5.75 Å². The van der Waals surface area contributed by atoms with Crippen molar-refractivity contribution in [3.05, 3.63) is 23.8 Å². The zero-order valence-electron chi connectivity index (χ0n) is 8.69. The number of anilines is 1. The molecule has 0 saturated carbocycles. The van der Waals surface area contributed by atoms with Gasteiger partial charge in [0.2, 0.25) is 5.91 Å². The van der Waals surface area contributed by atoms with Gasteiger partial charge in [-0.2, -0.15) is 0 Å². The van der Waals surface area contributed by atoms with E-state index in [9.17, 15) is 9.59 Å². The van der Waals surface area contributed by atoms with Crippen molar-refractivity contribution in [2.45, 2.75) is 0 Å². The van der Waals surface area contributed by atoms with Gasteiger partial charge in [-0.1, -0.05) is 0 Å². The highest BCUT2D eigenvalue weighted by Crippen LogP contribution is 2.21. The van der Waals surface area contributed by atoms with Crippen molar-refractivity contribution in [3.8, 4) is 5.75 Å². The molecule has 0 aliphatic carbocycles. The average Bonchev–Trinajstić information content (AvgIpc) is 2.29. The van der Waals surface area contributed by atoms with Crippen molar-refractivity contribution in [3.63, 3.8) is 0 Å². The highest BCUT2D eigenvalue weighted by Gasteiger charge is 2.12. The Kier molecular flexibility index (Phi) is 3.84. The van der Waals surface area contributed by atoms with Gasteiger partial charge in [0.05, 0.1) is 24.9 Å². The number of carbonyl (C=O) groups is 2. The number of benzene rings is 1. The first-order valence-corrected chi connectivity index (χ1v) is 4.49. The molecule has 4 N–H and O–H groups in total. The van der Waals surface area contributed by atoms with Gasteiger partial charge in [-0.05, 0) is 18.2 Å². The van der Waals surface area contributed by atoms with Crippen LogP contribution in [0.3, 0.4) is 0 Å². The first-order chi connectivity index (χ1) is 7.58. The van der Waals surface area contributed by atoms with Gasteiger partial charge in [0, 0.05) is 0 Å². The highest BCUT2D eigenvalue weighted by molar-refractivity contribution is 6.01. The van der Waals surface area contributed by atoms with Crippen LogP contribution >= 0.6 is 0 Å². The SMILES string of the molecule is COc1ccc(NC(=O)CN)c(C(=O)O)c1. The second-order valence-corrected chi connectivity index (χ2v) is 2.97. The number of carbonyl (C=O) groups excluding carboxylic acids is 1. The van der Waals surface area contributed by atoms with Crippen LogP contribution in [-0.2, 0) is 4.79 Å². The molecule has 1 amide bonds. The van der Waals surface area contributed by atoms with Crippen LogP contribution in [0.5, 0.6) is 5.75 Å². The van der Waals surface area contributed by atoms with Crippen LogP contribution in [0.2, 0.25) is 0 Å². The molecule has 0 aliphatic rings. The first-order valence-electron chi connectivity index (χ1n) is 4.49. The molecule has 0 aliphatic heterocycles. The van der Waals surface area contributed by atoms with E-state index in [0.29, 0.717) is 5.75 Å². The smallest absolute Gasteiger partial charge is 0.337 e. The zero-order chi connectivity index (χ0) is 12.1. The molecular weight excluding hydrogens is 212 g/mol. The fraction of sp³-hybridized carbons (Fsp3) is 0.200. The van der Waals surface area contributed by atoms with E-state index in [1.807, 2.05) is 0 Å². The molecule has 0 bridgehead atoms. The Morgan fingerprint density at radius 2 is 2.19 bits per heavy atom. The molecule has 1 aromatic carbocycles. The van der Waals surface area contributed by atoms with Crippen molar-refractivity contribution in [1.29, 1.82) is 0 Å². The third-order valence-electron chi connectivity index (χ3n) is 1.92. The molecule has 6 heteroatoms. The van der Waals surface area contributed by atoms with Gasteiger partial charge in [-0.3, -0.25) is 4.79 Å². The molecule has 0 radical (unpaired) electrons. The maximum absolute atomic E-state index is 11.1. The lowest BCUT2D eigenvalue weighted by Crippen LogP contribution is -2.23. The Bertz CT molecular complexity index is 417. The molecule has 0 aromatic heterocycles. The Balaban J connectivity index is 3.08. The standard InChI is InChI=1S/C10H12N2O4/c1-16-6-2-3-8(12-9(13)5-11)7(4-6)10(14)15/h2-4H,5,11H2,1H3,(H,12,13)(H,14,15). The number of amides is 1. The Labute approximate surface area is 92.0 Å². The summed E-state index contributed by atoms with van der Waals surface area (Å²) < 4.78 is 4.89. The number of nitrogens with one attached hydrogen (secondary N) is 1. The van der Waals surface area contributed by atoms with Gasteiger partial charge in [-0.25, -0.2) is 4.79 Å². The first kappa shape index (κ1) is 12.0. The van der Waals surface area contributed by atoms with Crippen molar-refractivity contribution in [2.24, 2.45) is 5.73 Å². The molecule has 0 spiro atoms. The van der Waals surface area contributed by atoms with Gasteiger partial charge >= 0.3 is 5.97 Å². The van der Waals surface area contributed by atoms with Gasteiger partial charge in [0.25, 0.3) is 0 Å². The zero-order valence-corrected chi connectivity index (χ0v) is 8.69. The van der Waals surface area contributed by atoms with Crippen LogP contribution in [0.25, 0.3) is 0 Å². The Morgan fingerprint density at radius 3 is 2.69 bits per heavy atom. The summed E-state index contributed by atoms with van der Waals surface area (Å²) in [4.78, 5) is 22.0. The summed E-state index contributed by atoms with van der Waals surface area (Å²) >= 11 is 0. The molecule has 86 valence electrons. The van der Waals surface area contributed by atoms with Gasteiger partial charge < -0.3 is 20.9 Å². The number of nitrogens with two attached hydrogens (primary N) is 1. The number of rotatable bonds is 4. The molecule has 16 heavy (non-hydrogen) atoms. The minimum absolute atomic E-state index is 0.0406. The number of ether oxygens (including phenoxy) is 1. The van der Waals surface area contributed by atoms with E-state index in [4.69, 9.17) is 15.6 Å². The molecule has 1 rings (SSSR count). The minimum atomic E-state index is -1.15. The van der Waals surface area contributed by atoms with E-state index in [1.54, 1.807) is 6.07 Å². The monoisotopic (exact) mass is 224 g/mol. The Hall–Kier alpha value is -2.08. The summed E-state index contributed by atoms with van der Waals surface area (Å²) in [6.07, 6.45) is 0. The number of hydrogen-bond donors (Lipinski definition) is 3. The Morgan fingerprint density at radius 1 is 1.50 bits per heavy atom. The van der Waals surface area contributed by atoms with E-state index < -0.39 is 11.9 Å². The quantitative estimate of drug-likeness (QED) is 0.682. The third kappa shape index (κ3) is 2.71. The van der Waals surface area contributed by atoms with Crippen LogP contribution in [0, 0.1) is 0 Å². The van der Waals surface area contributed by atoms with Crippen molar-refractivity contribution in [2.75, 3.05) is 19.0 Å². The number of hydrogen-bond acceptors (Lipinski definition) is 4. The third-order valence-corrected chi connectivity index (χ3v) is 1.92. The maximum atomic E-state index is 11.1. The van der Waals surface area contributed by atoms with E-state index in [0.717, 1.165) is 0 Å². The fourth-order valence-corrected chi connectivity index (χ4v) is 1.14. The highest BCUT2D eigenvalue weighted by atomic mass is 16.5. The van der Waals surface area contributed by atoms with Crippen LogP contribution in [0.4, 0.5) is 5.69 Å². The summed E-state index contributed by atoms with van der Waals surface area (Å²) in [7, 11) is 1.43. The second kappa shape index (κ2) is 5.13. The lowest BCUT2D eigenvalue weighted by Gasteiger charge is -2.09. The van der Waals surface area contributed by atoms with E-state index >= 15 is 0 Å². The van der Waals surface area contributed by atoms with E-state index in [1.165, 1.54) is 19.2 Å². The summed E-state index contributed by atoms with van der Waals surface area (Å²) in [6.45, 7) is -0.203. The molecule has 0 heterocycles. The molecule has 6 nitrogen and oxygen atoms in total. The summed E-state index contributed by atoms with van der Waals surface area (Å²) in [6, 6.07) is 4.34. The molecule has 0 fully saturated rings. The minimum Gasteiger partial charge on any atom is -0.497 e. The number of methoxy groups -OCH3 is 1. The van der Waals surface area contributed by atoms with Gasteiger partial charge in [0.15, 0.2) is 0 Å². The molecule has 0 atom stereocenters. The molecule has 0 saturated heterocycles. The molecular formula is C10H12N2O4. The van der Waals surface area contributed by atoms with Gasteiger partial charge in [-0.15, -0.1) is 0 Å². The summed E-state index contributed by atoms with van der Waals surface area (Å²) in [5.41, 5.74) is 5.28. The summed E-state index contributed by atoms with van der Waals surface area (Å²) in [5, 5.41) is 11.3. The van der Waals surface area contributed by atoms with Crippen LogP contribution in [0.15, 0.2) is 18.2 Å². The lowest BCUT2D eigenvalue weighted by atomic mass is 10.1. The number of carboxylic acid groups (broad SMARTS) is 1. The number of aromatic carboxylic acids is 1. The fourth-order valence-electron chi connectivity index (χ4n) is 1.14. The largest absolute Gasteiger partial charge is 0.497 e. The normalized spacial score (nSPS) is 9.62. The predicted octanol–water partition coefficient (Wildman–Crippen LogP) is 0.291. The average molecular weight is 224 g/mol.